The maximum absolute atomic E-state index is 13.4. The van der Waals surface area contributed by atoms with Crippen LogP contribution in [-0.4, -0.2) is 52.9 Å². The lowest BCUT2D eigenvalue weighted by atomic mass is 9.78. The Labute approximate surface area is 195 Å². The minimum absolute atomic E-state index is 0.00126. The predicted octanol–water partition coefficient (Wildman–Crippen LogP) is 2.52. The summed E-state index contributed by atoms with van der Waals surface area (Å²) in [5.74, 6) is -1.70. The molecule has 0 bridgehead atoms. The van der Waals surface area contributed by atoms with Gasteiger partial charge in [-0.1, -0.05) is 13.0 Å². The third-order valence-electron chi connectivity index (χ3n) is 6.01. The summed E-state index contributed by atoms with van der Waals surface area (Å²) in [6.45, 7) is 1.73. The van der Waals surface area contributed by atoms with Crippen molar-refractivity contribution in [1.82, 2.24) is 14.5 Å². The number of primary amides is 1. The van der Waals surface area contributed by atoms with E-state index in [1.807, 2.05) is 0 Å². The van der Waals surface area contributed by atoms with Gasteiger partial charge in [-0.3, -0.25) is 4.79 Å². The molecule has 1 saturated heterocycles. The maximum atomic E-state index is 13.4. The van der Waals surface area contributed by atoms with Crippen LogP contribution in [0, 0.1) is 0 Å². The fourth-order valence-corrected chi connectivity index (χ4v) is 5.76. The number of hydrogen-bond donors (Lipinski definition) is 2. The average molecular weight is 516 g/mol. The fraction of sp³-hybridized carbons (Fsp3) is 0.381. The van der Waals surface area contributed by atoms with Crippen molar-refractivity contribution < 1.29 is 35.5 Å². The highest BCUT2D eigenvalue weighted by Crippen LogP contribution is 2.38. The fourth-order valence-electron chi connectivity index (χ4n) is 4.03. The molecule has 1 aromatic carbocycles. The third-order valence-corrected chi connectivity index (χ3v) is 7.66. The van der Waals surface area contributed by atoms with Gasteiger partial charge in [0.25, 0.3) is 5.91 Å². The number of nitrogens with two attached hydrogens (primary N) is 1. The number of ether oxygens (including phenoxy) is 1. The Morgan fingerprint density at radius 3 is 2.51 bits per heavy atom. The Kier molecular flexibility index (Phi) is 5.90. The Bertz CT molecular complexity index is 1470. The van der Waals surface area contributed by atoms with E-state index in [-0.39, 0.29) is 52.5 Å². The molecule has 14 heteroatoms. The Morgan fingerprint density at radius 1 is 1.26 bits per heavy atom. The molecule has 1 amide bonds. The molecule has 3 N–H and O–H groups in total. The van der Waals surface area contributed by atoms with Gasteiger partial charge in [0.1, 0.15) is 15.6 Å². The van der Waals surface area contributed by atoms with Crippen molar-refractivity contribution in [2.75, 3.05) is 11.5 Å². The number of nitrogens with zero attached hydrogens (tertiary/aromatic N) is 2. The molecule has 0 aliphatic carbocycles. The van der Waals surface area contributed by atoms with Crippen LogP contribution in [0.2, 0.25) is 0 Å². The molecule has 3 aromatic rings. The highest BCUT2D eigenvalue weighted by molar-refractivity contribution is 7.91. The van der Waals surface area contributed by atoms with Gasteiger partial charge in [0.15, 0.2) is 5.65 Å². The van der Waals surface area contributed by atoms with Crippen LogP contribution >= 0.6 is 0 Å². The van der Waals surface area contributed by atoms with Crippen LogP contribution in [0.3, 0.4) is 0 Å². The number of carbonyl (C=O) groups excluding carboxylic acids is 1. The number of pyridine rings is 1. The Balaban J connectivity index is 1.87. The molecule has 188 valence electrons. The number of fused-ring (bicyclic) bond motifs is 1. The van der Waals surface area contributed by atoms with Crippen LogP contribution in [-0.2, 0) is 15.3 Å². The van der Waals surface area contributed by atoms with Crippen LogP contribution in [0.4, 0.5) is 17.6 Å². The third kappa shape index (κ3) is 4.61. The molecule has 4 rings (SSSR count). The molecule has 1 aliphatic rings. The summed E-state index contributed by atoms with van der Waals surface area (Å²) in [4.78, 5) is 31.9. The molecule has 35 heavy (non-hydrogen) atoms. The summed E-state index contributed by atoms with van der Waals surface area (Å²) >= 11 is 0. The first-order valence-corrected chi connectivity index (χ1v) is 12.2. The summed E-state index contributed by atoms with van der Waals surface area (Å²) < 4.78 is 80.8. The number of hydrogen-bond acceptors (Lipinski definition) is 6. The van der Waals surface area contributed by atoms with Crippen LogP contribution < -0.4 is 16.2 Å². The van der Waals surface area contributed by atoms with E-state index in [1.54, 1.807) is 6.92 Å². The van der Waals surface area contributed by atoms with Gasteiger partial charge in [0.2, 0.25) is 0 Å². The molecule has 2 aromatic heterocycles. The number of alkyl halides is 4. The number of aromatic amines is 1. The van der Waals surface area contributed by atoms with Crippen LogP contribution in [0.5, 0.6) is 5.75 Å². The largest absolute Gasteiger partial charge is 0.461 e. The summed E-state index contributed by atoms with van der Waals surface area (Å²) in [5.41, 5.74) is 4.20. The van der Waals surface area contributed by atoms with Crippen LogP contribution in [0.1, 0.15) is 35.8 Å². The van der Waals surface area contributed by atoms with Crippen molar-refractivity contribution >= 4 is 26.9 Å². The standard InChI is InChI=1S/C21H20F4N4O5S/c1-20(5-7-35(32,33)8-6-20)15-13(16(26)30)10-14-17(28-15)29(19(31)27-14)11-3-2-4-12(9-11)34-21(24,25)18(22)23/h2-4,9-10,18H,5-8H2,1H3,(H2,26,30)(H,27,31). The number of amides is 1. The van der Waals surface area contributed by atoms with E-state index in [9.17, 15) is 35.6 Å². The van der Waals surface area contributed by atoms with E-state index in [1.165, 1.54) is 18.2 Å². The summed E-state index contributed by atoms with van der Waals surface area (Å²) in [6.07, 6.45) is -8.50. The topological polar surface area (TPSA) is 137 Å². The molecule has 0 unspecified atom stereocenters. The van der Waals surface area contributed by atoms with E-state index < -0.39 is 45.1 Å². The molecular formula is C21H20F4N4O5S. The van der Waals surface area contributed by atoms with Crippen LogP contribution in [0.25, 0.3) is 16.9 Å². The number of benzene rings is 1. The van der Waals surface area contributed by atoms with Crippen molar-refractivity contribution in [3.63, 3.8) is 0 Å². The zero-order valence-corrected chi connectivity index (χ0v) is 19.0. The first kappa shape index (κ1) is 24.7. The molecule has 9 nitrogen and oxygen atoms in total. The van der Waals surface area contributed by atoms with Gasteiger partial charge < -0.3 is 15.5 Å². The Hall–Kier alpha value is -3.42. The van der Waals surface area contributed by atoms with Crippen molar-refractivity contribution in [3.8, 4) is 11.4 Å². The number of rotatable bonds is 6. The monoisotopic (exact) mass is 516 g/mol. The molecular weight excluding hydrogens is 496 g/mol. The number of imidazole rings is 1. The number of carbonyl (C=O) groups is 1. The second-order valence-corrected chi connectivity index (χ2v) is 10.9. The number of nitrogens with one attached hydrogen (secondary N) is 1. The zero-order valence-electron chi connectivity index (χ0n) is 18.2. The maximum Gasteiger partial charge on any atom is 0.461 e. The van der Waals surface area contributed by atoms with Gasteiger partial charge in [-0.25, -0.2) is 22.8 Å². The Morgan fingerprint density at radius 2 is 1.91 bits per heavy atom. The van der Waals surface area contributed by atoms with Gasteiger partial charge in [0, 0.05) is 11.5 Å². The minimum Gasteiger partial charge on any atom is -0.428 e. The van der Waals surface area contributed by atoms with Gasteiger partial charge in [-0.15, -0.1) is 0 Å². The average Bonchev–Trinajstić information content (AvgIpc) is 3.09. The van der Waals surface area contributed by atoms with Crippen molar-refractivity contribution in [1.29, 1.82) is 0 Å². The molecule has 0 atom stereocenters. The predicted molar refractivity (Wildman–Crippen MR) is 117 cm³/mol. The van der Waals surface area contributed by atoms with E-state index in [4.69, 9.17) is 5.73 Å². The smallest absolute Gasteiger partial charge is 0.428 e. The van der Waals surface area contributed by atoms with Gasteiger partial charge in [0.05, 0.1) is 34.0 Å². The zero-order chi connectivity index (χ0) is 25.8. The summed E-state index contributed by atoms with van der Waals surface area (Å²) in [6, 6.07) is 5.87. The molecule has 0 saturated carbocycles. The molecule has 1 aliphatic heterocycles. The summed E-state index contributed by atoms with van der Waals surface area (Å²) in [5, 5.41) is 0. The lowest BCUT2D eigenvalue weighted by molar-refractivity contribution is -0.253. The van der Waals surface area contributed by atoms with E-state index in [2.05, 4.69) is 14.7 Å². The quantitative estimate of drug-likeness (QED) is 0.483. The molecule has 0 spiro atoms. The lowest BCUT2D eigenvalue weighted by Gasteiger charge is -2.33. The lowest BCUT2D eigenvalue weighted by Crippen LogP contribution is -2.37. The highest BCUT2D eigenvalue weighted by Gasteiger charge is 2.44. The molecule has 1 fully saturated rings. The minimum atomic E-state index is -4.75. The number of halogens is 4. The second-order valence-electron chi connectivity index (χ2n) is 8.56. The van der Waals surface area contributed by atoms with Crippen molar-refractivity contribution in [3.05, 3.63) is 52.1 Å². The van der Waals surface area contributed by atoms with E-state index in [0.717, 1.165) is 16.7 Å². The van der Waals surface area contributed by atoms with Crippen LogP contribution in [0.15, 0.2) is 35.1 Å². The number of H-pyrrole nitrogens is 1. The first-order valence-electron chi connectivity index (χ1n) is 10.3. The van der Waals surface area contributed by atoms with E-state index >= 15 is 0 Å². The molecule has 0 radical (unpaired) electrons. The van der Waals surface area contributed by atoms with Crippen molar-refractivity contribution in [2.45, 2.75) is 37.7 Å². The second kappa shape index (κ2) is 8.36. The normalized spacial score (nSPS) is 17.5. The van der Waals surface area contributed by atoms with Gasteiger partial charge in [-0.05, 0) is 31.0 Å². The first-order chi connectivity index (χ1) is 16.2. The van der Waals surface area contributed by atoms with Gasteiger partial charge >= 0.3 is 18.2 Å². The number of aromatic nitrogens is 3. The highest BCUT2D eigenvalue weighted by atomic mass is 32.2. The summed E-state index contributed by atoms with van der Waals surface area (Å²) in [7, 11) is -3.24. The van der Waals surface area contributed by atoms with Gasteiger partial charge in [-0.2, -0.15) is 17.6 Å². The molecule has 3 heterocycles. The van der Waals surface area contributed by atoms with E-state index in [0.29, 0.717) is 0 Å². The number of sulfone groups is 1. The van der Waals surface area contributed by atoms with Crippen molar-refractivity contribution in [2.24, 2.45) is 5.73 Å². The SMILES string of the molecule is CC1(c2nc3c(cc2C(N)=O)[nH]c(=O)n3-c2cccc(OC(F)(F)C(F)F)c2)CCS(=O)(=O)CC1.